The molecule has 1 amide bonds. The highest BCUT2D eigenvalue weighted by Crippen LogP contribution is 2.34. The van der Waals surface area contributed by atoms with Crippen LogP contribution in [0.5, 0.6) is 11.6 Å². The van der Waals surface area contributed by atoms with Crippen molar-refractivity contribution in [2.75, 3.05) is 6.54 Å². The Hall–Kier alpha value is -3.04. The van der Waals surface area contributed by atoms with E-state index in [0.29, 0.717) is 27.2 Å². The first-order chi connectivity index (χ1) is 15.2. The summed E-state index contributed by atoms with van der Waals surface area (Å²) in [5, 5.41) is 0. The van der Waals surface area contributed by atoms with E-state index in [4.69, 9.17) is 17.0 Å². The average Bonchev–Trinajstić information content (AvgIpc) is 3.00. The number of amides is 1. The molecule has 2 aromatic heterocycles. The largest absolute Gasteiger partial charge is 0.438 e. The molecule has 0 spiro atoms. The summed E-state index contributed by atoms with van der Waals surface area (Å²) >= 11 is 6.51. The Morgan fingerprint density at radius 2 is 1.94 bits per heavy atom. The van der Waals surface area contributed by atoms with E-state index < -0.39 is 5.82 Å². The van der Waals surface area contributed by atoms with Gasteiger partial charge in [-0.05, 0) is 54.8 Å². The predicted octanol–water partition coefficient (Wildman–Crippen LogP) is 4.79. The fourth-order valence-electron chi connectivity index (χ4n) is 3.26. The van der Waals surface area contributed by atoms with Gasteiger partial charge in [0.05, 0.1) is 4.91 Å². The van der Waals surface area contributed by atoms with Crippen LogP contribution in [0.25, 0.3) is 11.7 Å². The van der Waals surface area contributed by atoms with Gasteiger partial charge in [0.15, 0.2) is 0 Å². The van der Waals surface area contributed by atoms with E-state index in [2.05, 4.69) is 4.98 Å². The molecule has 9 heteroatoms. The molecule has 1 aromatic carbocycles. The van der Waals surface area contributed by atoms with E-state index in [1.54, 1.807) is 12.3 Å². The predicted molar refractivity (Wildman–Crippen MR) is 127 cm³/mol. The molecule has 164 valence electrons. The summed E-state index contributed by atoms with van der Waals surface area (Å²) in [6.45, 7) is 6.33. The smallest absolute Gasteiger partial charge is 0.269 e. The van der Waals surface area contributed by atoms with Gasteiger partial charge in [-0.1, -0.05) is 43.9 Å². The average molecular weight is 470 g/mol. The number of halogens is 1. The van der Waals surface area contributed by atoms with Crippen LogP contribution in [0.1, 0.15) is 25.0 Å². The molecular formula is C23H20FN3O3S2. The number of hydrogen-bond donors (Lipinski definition) is 0. The second-order valence-corrected chi connectivity index (χ2v) is 9.44. The van der Waals surface area contributed by atoms with E-state index in [1.165, 1.54) is 39.6 Å². The number of fused-ring (bicyclic) bond motifs is 1. The van der Waals surface area contributed by atoms with E-state index >= 15 is 0 Å². The summed E-state index contributed by atoms with van der Waals surface area (Å²) in [5.41, 5.74) is 0.940. The highest BCUT2D eigenvalue weighted by atomic mass is 32.2. The van der Waals surface area contributed by atoms with E-state index in [9.17, 15) is 14.0 Å². The second-order valence-electron chi connectivity index (χ2n) is 7.76. The summed E-state index contributed by atoms with van der Waals surface area (Å²) in [6.07, 6.45) is 3.09. The van der Waals surface area contributed by atoms with Gasteiger partial charge in [0.2, 0.25) is 5.88 Å². The van der Waals surface area contributed by atoms with Crippen LogP contribution >= 0.6 is 24.0 Å². The van der Waals surface area contributed by atoms with Crippen LogP contribution in [0.3, 0.4) is 0 Å². The van der Waals surface area contributed by atoms with Crippen molar-refractivity contribution < 1.29 is 13.9 Å². The molecule has 6 nitrogen and oxygen atoms in total. The molecule has 1 saturated heterocycles. The summed E-state index contributed by atoms with van der Waals surface area (Å²) < 4.78 is 21.0. The zero-order valence-corrected chi connectivity index (χ0v) is 19.3. The SMILES string of the molecule is Cc1cccn2c(=O)c(/C=C3\SC(=S)N(CC(C)C)C3=O)c(Oc3ccc(F)cc3)nc12. The van der Waals surface area contributed by atoms with Crippen LogP contribution in [-0.2, 0) is 4.79 Å². The van der Waals surface area contributed by atoms with Gasteiger partial charge in [-0.3, -0.25) is 18.9 Å². The highest BCUT2D eigenvalue weighted by Gasteiger charge is 2.33. The first-order valence-electron chi connectivity index (χ1n) is 9.95. The van der Waals surface area contributed by atoms with Gasteiger partial charge >= 0.3 is 0 Å². The summed E-state index contributed by atoms with van der Waals surface area (Å²) in [7, 11) is 0. The second kappa shape index (κ2) is 8.84. The molecule has 4 rings (SSSR count). The minimum Gasteiger partial charge on any atom is -0.438 e. The molecule has 1 aliphatic heterocycles. The van der Waals surface area contributed by atoms with Crippen molar-refractivity contribution >= 4 is 45.9 Å². The summed E-state index contributed by atoms with van der Waals surface area (Å²) in [4.78, 5) is 32.7. The lowest BCUT2D eigenvalue weighted by atomic mass is 10.2. The van der Waals surface area contributed by atoms with Crippen LogP contribution in [0, 0.1) is 18.7 Å². The summed E-state index contributed by atoms with van der Waals surface area (Å²) in [6, 6.07) is 8.99. The number of carbonyl (C=O) groups is 1. The van der Waals surface area contributed by atoms with Crippen LogP contribution in [0.2, 0.25) is 0 Å². The molecule has 0 atom stereocenters. The minimum absolute atomic E-state index is 0.0324. The standard InChI is InChI=1S/C23H20FN3O3S2/c1-13(2)12-27-22(29)18(32-23(27)31)11-17-20(30-16-8-6-15(24)7-9-16)25-19-14(3)5-4-10-26(19)21(17)28/h4-11,13H,12H2,1-3H3/b18-11-. The van der Waals surface area contributed by atoms with Gasteiger partial charge in [-0.2, -0.15) is 4.98 Å². The normalized spacial score (nSPS) is 15.4. The van der Waals surface area contributed by atoms with Gasteiger partial charge in [-0.15, -0.1) is 0 Å². The molecule has 1 fully saturated rings. The van der Waals surface area contributed by atoms with Crippen molar-refractivity contribution in [2.45, 2.75) is 20.8 Å². The third kappa shape index (κ3) is 4.31. The van der Waals surface area contributed by atoms with Gasteiger partial charge in [0.25, 0.3) is 11.5 Å². The first kappa shape index (κ1) is 22.2. The molecule has 32 heavy (non-hydrogen) atoms. The van der Waals surface area contributed by atoms with Crippen molar-refractivity contribution in [1.29, 1.82) is 0 Å². The number of aromatic nitrogens is 2. The molecule has 0 radical (unpaired) electrons. The minimum atomic E-state index is -0.409. The van der Waals surface area contributed by atoms with Crippen molar-refractivity contribution in [3.63, 3.8) is 0 Å². The maximum absolute atomic E-state index is 13.4. The number of rotatable bonds is 5. The van der Waals surface area contributed by atoms with E-state index in [-0.39, 0.29) is 28.8 Å². The lowest BCUT2D eigenvalue weighted by molar-refractivity contribution is -0.122. The van der Waals surface area contributed by atoms with Crippen molar-refractivity contribution in [2.24, 2.45) is 5.92 Å². The van der Waals surface area contributed by atoms with Gasteiger partial charge < -0.3 is 4.74 Å². The van der Waals surface area contributed by atoms with Gasteiger partial charge in [-0.25, -0.2) is 4.39 Å². The maximum atomic E-state index is 13.4. The van der Waals surface area contributed by atoms with Crippen LogP contribution in [0.4, 0.5) is 4.39 Å². The molecule has 1 aliphatic rings. The molecule has 3 aromatic rings. The van der Waals surface area contributed by atoms with E-state index in [1.807, 2.05) is 26.8 Å². The monoisotopic (exact) mass is 469 g/mol. The molecule has 0 N–H and O–H groups in total. The quantitative estimate of drug-likeness (QED) is 0.395. The Morgan fingerprint density at radius 1 is 1.22 bits per heavy atom. The Balaban J connectivity index is 1.86. The molecular weight excluding hydrogens is 449 g/mol. The topological polar surface area (TPSA) is 63.9 Å². The van der Waals surface area contributed by atoms with Crippen molar-refractivity contribution in [3.8, 4) is 11.6 Å². The zero-order chi connectivity index (χ0) is 23.0. The number of aryl methyl sites for hydroxylation is 1. The van der Waals surface area contributed by atoms with E-state index in [0.717, 1.165) is 17.3 Å². The Bertz CT molecular complexity index is 1320. The fourth-order valence-corrected chi connectivity index (χ4v) is 4.52. The number of benzene rings is 1. The van der Waals surface area contributed by atoms with Gasteiger partial charge in [0.1, 0.15) is 27.1 Å². The Kier molecular flexibility index (Phi) is 6.12. The first-order valence-corrected chi connectivity index (χ1v) is 11.2. The zero-order valence-electron chi connectivity index (χ0n) is 17.7. The lowest BCUT2D eigenvalue weighted by Crippen LogP contribution is -2.31. The molecule has 0 aliphatic carbocycles. The van der Waals surface area contributed by atoms with Gasteiger partial charge in [0, 0.05) is 12.7 Å². The number of nitrogens with zero attached hydrogens (tertiary/aromatic N) is 3. The molecule has 0 unspecified atom stereocenters. The number of carbonyl (C=O) groups excluding carboxylic acids is 1. The number of pyridine rings is 1. The Labute approximate surface area is 193 Å². The van der Waals surface area contributed by atoms with Crippen LogP contribution < -0.4 is 10.3 Å². The number of thiocarbonyl (C=S) groups is 1. The number of hydrogen-bond acceptors (Lipinski definition) is 6. The summed E-state index contributed by atoms with van der Waals surface area (Å²) in [5.74, 6) is -0.0719. The maximum Gasteiger partial charge on any atom is 0.269 e. The third-order valence-electron chi connectivity index (χ3n) is 4.77. The molecule has 0 saturated carbocycles. The fraction of sp³-hybridized carbons (Fsp3) is 0.217. The van der Waals surface area contributed by atoms with Crippen molar-refractivity contribution in [3.05, 3.63) is 74.8 Å². The van der Waals surface area contributed by atoms with Crippen molar-refractivity contribution in [1.82, 2.24) is 14.3 Å². The molecule has 0 bridgehead atoms. The highest BCUT2D eigenvalue weighted by molar-refractivity contribution is 8.26. The molecule has 3 heterocycles. The number of thioether (sulfide) groups is 1. The third-order valence-corrected chi connectivity index (χ3v) is 6.15. The van der Waals surface area contributed by atoms with Crippen LogP contribution in [-0.4, -0.2) is 31.1 Å². The number of ether oxygens (including phenoxy) is 1. The van der Waals surface area contributed by atoms with Crippen LogP contribution in [0.15, 0.2) is 52.3 Å². The lowest BCUT2D eigenvalue weighted by Gasteiger charge is -2.16. The Morgan fingerprint density at radius 3 is 2.62 bits per heavy atom.